The lowest BCUT2D eigenvalue weighted by Gasteiger charge is -2.09. The van der Waals surface area contributed by atoms with Gasteiger partial charge in [-0.25, -0.2) is 4.98 Å². The number of aliphatic imine (C=N–C) groups is 1. The highest BCUT2D eigenvalue weighted by Gasteiger charge is 2.01. The molecule has 0 spiro atoms. The molecule has 1 heterocycles. The summed E-state index contributed by atoms with van der Waals surface area (Å²) in [5.41, 5.74) is 5.64. The monoisotopic (exact) mass is 305 g/mol. The van der Waals surface area contributed by atoms with Crippen LogP contribution in [-0.2, 0) is 4.74 Å². The first-order chi connectivity index (χ1) is 9.13. The second-order valence-corrected chi connectivity index (χ2v) is 4.44. The van der Waals surface area contributed by atoms with E-state index in [0.29, 0.717) is 48.1 Å². The van der Waals surface area contributed by atoms with Gasteiger partial charge in [0.05, 0.1) is 23.2 Å². The summed E-state index contributed by atoms with van der Waals surface area (Å²) in [5.74, 6) is 0.969. The number of hydrogen-bond acceptors (Lipinski definition) is 4. The van der Waals surface area contributed by atoms with Gasteiger partial charge in [0.2, 0.25) is 0 Å². The van der Waals surface area contributed by atoms with Crippen molar-refractivity contribution < 1.29 is 4.74 Å². The van der Waals surface area contributed by atoms with Crippen molar-refractivity contribution in [1.29, 1.82) is 0 Å². The number of nitrogens with one attached hydrogen (secondary N) is 2. The third-order valence-electron chi connectivity index (χ3n) is 2.11. The zero-order chi connectivity index (χ0) is 14.1. The largest absolute Gasteiger partial charge is 0.383 e. The highest BCUT2D eigenvalue weighted by Crippen LogP contribution is 2.21. The van der Waals surface area contributed by atoms with Gasteiger partial charge < -0.3 is 21.1 Å². The van der Waals surface area contributed by atoms with Crippen LogP contribution in [0.25, 0.3) is 0 Å². The van der Waals surface area contributed by atoms with Gasteiger partial charge in [-0.15, -0.1) is 0 Å². The minimum Gasteiger partial charge on any atom is -0.383 e. The number of pyridine rings is 1. The Bertz CT molecular complexity index is 428. The van der Waals surface area contributed by atoms with E-state index in [1.807, 2.05) is 0 Å². The first-order valence-electron chi connectivity index (χ1n) is 5.71. The van der Waals surface area contributed by atoms with Crippen LogP contribution in [0.5, 0.6) is 0 Å². The number of rotatable bonds is 7. The summed E-state index contributed by atoms with van der Waals surface area (Å²) in [6.07, 6.45) is 1.53. The molecule has 0 atom stereocenters. The number of guanidine groups is 1. The second kappa shape index (κ2) is 8.79. The number of anilines is 1. The van der Waals surface area contributed by atoms with E-state index in [9.17, 15) is 0 Å². The number of ether oxygens (including phenoxy) is 1. The zero-order valence-corrected chi connectivity index (χ0v) is 12.1. The molecule has 0 saturated heterocycles. The highest BCUT2D eigenvalue weighted by molar-refractivity contribution is 6.35. The minimum absolute atomic E-state index is 0.383. The Morgan fingerprint density at radius 3 is 2.95 bits per heavy atom. The second-order valence-electron chi connectivity index (χ2n) is 3.60. The molecule has 19 heavy (non-hydrogen) atoms. The number of aromatic nitrogens is 1. The van der Waals surface area contributed by atoms with Gasteiger partial charge in [0.1, 0.15) is 5.82 Å². The first-order valence-corrected chi connectivity index (χ1v) is 6.46. The summed E-state index contributed by atoms with van der Waals surface area (Å²) < 4.78 is 4.86. The van der Waals surface area contributed by atoms with Crippen LogP contribution in [-0.4, -0.2) is 44.3 Å². The van der Waals surface area contributed by atoms with Crippen LogP contribution in [0.15, 0.2) is 17.3 Å². The van der Waals surface area contributed by atoms with E-state index in [1.54, 1.807) is 13.2 Å². The SMILES string of the molecule is COCCN=C(N)NCCNc1ncc(Cl)cc1Cl. The van der Waals surface area contributed by atoms with Gasteiger partial charge in [-0.1, -0.05) is 23.2 Å². The van der Waals surface area contributed by atoms with Crippen LogP contribution in [0, 0.1) is 0 Å². The Morgan fingerprint density at radius 2 is 2.26 bits per heavy atom. The van der Waals surface area contributed by atoms with Crippen molar-refractivity contribution in [2.24, 2.45) is 10.7 Å². The summed E-state index contributed by atoms with van der Waals surface area (Å²) in [4.78, 5) is 8.13. The van der Waals surface area contributed by atoms with Crippen molar-refractivity contribution in [3.05, 3.63) is 22.3 Å². The van der Waals surface area contributed by atoms with Gasteiger partial charge in [0.15, 0.2) is 5.96 Å². The average molecular weight is 306 g/mol. The molecule has 0 aromatic carbocycles. The van der Waals surface area contributed by atoms with Gasteiger partial charge in [-0.2, -0.15) is 0 Å². The van der Waals surface area contributed by atoms with E-state index in [2.05, 4.69) is 20.6 Å². The maximum absolute atomic E-state index is 5.96. The molecule has 106 valence electrons. The highest BCUT2D eigenvalue weighted by atomic mass is 35.5. The Morgan fingerprint density at radius 1 is 1.47 bits per heavy atom. The van der Waals surface area contributed by atoms with Gasteiger partial charge in [-0.05, 0) is 6.07 Å². The van der Waals surface area contributed by atoms with Crippen molar-refractivity contribution in [3.63, 3.8) is 0 Å². The van der Waals surface area contributed by atoms with E-state index in [1.165, 1.54) is 6.20 Å². The lowest BCUT2D eigenvalue weighted by Crippen LogP contribution is -2.35. The number of nitrogens with zero attached hydrogens (tertiary/aromatic N) is 2. The Hall–Kier alpha value is -1.24. The van der Waals surface area contributed by atoms with Crippen LogP contribution in [0.3, 0.4) is 0 Å². The van der Waals surface area contributed by atoms with Crippen LogP contribution in [0.4, 0.5) is 5.82 Å². The fourth-order valence-corrected chi connectivity index (χ4v) is 1.68. The molecule has 6 nitrogen and oxygen atoms in total. The first kappa shape index (κ1) is 15.8. The average Bonchev–Trinajstić information content (AvgIpc) is 2.37. The summed E-state index contributed by atoms with van der Waals surface area (Å²) in [6.45, 7) is 2.29. The molecule has 0 aliphatic heterocycles. The number of hydrogen-bond donors (Lipinski definition) is 3. The fourth-order valence-electron chi connectivity index (χ4n) is 1.23. The summed E-state index contributed by atoms with van der Waals surface area (Å²) in [6, 6.07) is 1.63. The fraction of sp³-hybridized carbons (Fsp3) is 0.455. The Balaban J connectivity index is 2.25. The molecule has 0 unspecified atom stereocenters. The van der Waals surface area contributed by atoms with E-state index in [-0.39, 0.29) is 0 Å². The molecule has 1 rings (SSSR count). The van der Waals surface area contributed by atoms with Crippen molar-refractivity contribution in [2.75, 3.05) is 38.7 Å². The lowest BCUT2D eigenvalue weighted by atomic mass is 10.4. The maximum atomic E-state index is 5.96. The van der Waals surface area contributed by atoms with Crippen molar-refractivity contribution in [1.82, 2.24) is 10.3 Å². The van der Waals surface area contributed by atoms with E-state index < -0.39 is 0 Å². The summed E-state index contributed by atoms with van der Waals surface area (Å²) in [5, 5.41) is 7.00. The van der Waals surface area contributed by atoms with Crippen LogP contribution < -0.4 is 16.4 Å². The van der Waals surface area contributed by atoms with Crippen LogP contribution in [0.1, 0.15) is 0 Å². The maximum Gasteiger partial charge on any atom is 0.188 e. The molecular weight excluding hydrogens is 289 g/mol. The standard InChI is InChI=1S/C11H17Cl2N5O/c1-19-5-4-17-11(14)16-3-2-15-10-9(13)6-8(12)7-18-10/h6-7H,2-5H2,1H3,(H,15,18)(H3,14,16,17). The van der Waals surface area contributed by atoms with Crippen molar-refractivity contribution in [3.8, 4) is 0 Å². The Kier molecular flexibility index (Phi) is 7.32. The Labute approximate surface area is 122 Å². The quantitative estimate of drug-likeness (QED) is 0.402. The predicted octanol–water partition coefficient (Wildman–Crippen LogP) is 1.35. The van der Waals surface area contributed by atoms with E-state index >= 15 is 0 Å². The van der Waals surface area contributed by atoms with E-state index in [0.717, 1.165) is 0 Å². The zero-order valence-electron chi connectivity index (χ0n) is 10.6. The molecule has 0 saturated carbocycles. The summed E-state index contributed by atoms with van der Waals surface area (Å²) >= 11 is 11.7. The van der Waals surface area contributed by atoms with Crippen LogP contribution in [0.2, 0.25) is 10.0 Å². The van der Waals surface area contributed by atoms with Gasteiger partial charge in [0, 0.05) is 26.4 Å². The molecule has 0 bridgehead atoms. The minimum atomic E-state index is 0.383. The van der Waals surface area contributed by atoms with Gasteiger partial charge >= 0.3 is 0 Å². The van der Waals surface area contributed by atoms with E-state index in [4.69, 9.17) is 33.7 Å². The number of methoxy groups -OCH3 is 1. The van der Waals surface area contributed by atoms with Crippen molar-refractivity contribution in [2.45, 2.75) is 0 Å². The molecular formula is C11H17Cl2N5O. The van der Waals surface area contributed by atoms with Crippen molar-refractivity contribution >= 4 is 35.0 Å². The van der Waals surface area contributed by atoms with Gasteiger partial charge in [0.25, 0.3) is 0 Å². The molecule has 0 radical (unpaired) electrons. The van der Waals surface area contributed by atoms with Gasteiger partial charge in [-0.3, -0.25) is 4.99 Å². The lowest BCUT2D eigenvalue weighted by molar-refractivity contribution is 0.208. The molecule has 0 aliphatic carbocycles. The third-order valence-corrected chi connectivity index (χ3v) is 2.60. The molecule has 1 aromatic heterocycles. The number of nitrogens with two attached hydrogens (primary N) is 1. The molecule has 8 heteroatoms. The predicted molar refractivity (Wildman–Crippen MR) is 79.1 cm³/mol. The number of halogens is 2. The summed E-state index contributed by atoms with van der Waals surface area (Å²) in [7, 11) is 1.62. The topological polar surface area (TPSA) is 84.6 Å². The normalized spacial score (nSPS) is 11.4. The smallest absolute Gasteiger partial charge is 0.188 e. The third kappa shape index (κ3) is 6.47. The molecule has 0 aliphatic rings. The molecule has 1 aromatic rings. The molecule has 0 amide bonds. The molecule has 0 fully saturated rings. The van der Waals surface area contributed by atoms with Crippen LogP contribution >= 0.6 is 23.2 Å². The molecule has 4 N–H and O–H groups in total.